The molecule has 1 aromatic carbocycles. The van der Waals surface area contributed by atoms with Gasteiger partial charge in [-0.05, 0) is 24.6 Å². The number of ether oxygens (including phenoxy) is 1. The van der Waals surface area contributed by atoms with E-state index in [1.165, 1.54) is 19.0 Å². The molecule has 1 unspecified atom stereocenters. The van der Waals surface area contributed by atoms with Crippen LogP contribution in [0.2, 0.25) is 0 Å². The Morgan fingerprint density at radius 3 is 3.05 bits per heavy atom. The van der Waals surface area contributed by atoms with E-state index in [-0.39, 0.29) is 11.3 Å². The molecule has 2 aromatic rings. The normalized spacial score (nSPS) is 16.9. The molecule has 0 bridgehead atoms. The van der Waals surface area contributed by atoms with Crippen molar-refractivity contribution in [1.29, 1.82) is 0 Å². The predicted molar refractivity (Wildman–Crippen MR) is 81.3 cm³/mol. The first kappa shape index (κ1) is 13.6. The van der Waals surface area contributed by atoms with E-state index in [0.29, 0.717) is 18.3 Å². The van der Waals surface area contributed by atoms with Crippen LogP contribution in [0.3, 0.4) is 0 Å². The average molecular weight is 286 g/mol. The summed E-state index contributed by atoms with van der Waals surface area (Å²) in [6, 6.07) is 8.15. The van der Waals surface area contributed by atoms with E-state index in [0.717, 1.165) is 18.7 Å². The SMILES string of the molecule is COc1c(N2CC(CCN)c3ccccc32)nc[nH]c1=O. The minimum Gasteiger partial charge on any atom is -0.488 e. The van der Waals surface area contributed by atoms with Gasteiger partial charge in [-0.25, -0.2) is 4.98 Å². The van der Waals surface area contributed by atoms with E-state index >= 15 is 0 Å². The lowest BCUT2D eigenvalue weighted by molar-refractivity contribution is 0.406. The van der Waals surface area contributed by atoms with Crippen LogP contribution in [0.4, 0.5) is 11.5 Å². The molecule has 110 valence electrons. The van der Waals surface area contributed by atoms with E-state index in [2.05, 4.69) is 16.0 Å². The highest BCUT2D eigenvalue weighted by atomic mass is 16.5. The molecule has 1 aliphatic heterocycles. The van der Waals surface area contributed by atoms with Gasteiger partial charge in [-0.3, -0.25) is 4.79 Å². The van der Waals surface area contributed by atoms with Crippen LogP contribution in [0.25, 0.3) is 0 Å². The molecular formula is C15H18N4O2. The summed E-state index contributed by atoms with van der Waals surface area (Å²) >= 11 is 0. The first-order valence-electron chi connectivity index (χ1n) is 6.94. The van der Waals surface area contributed by atoms with Crippen LogP contribution in [0.15, 0.2) is 35.4 Å². The number of nitrogens with one attached hydrogen (secondary N) is 1. The van der Waals surface area contributed by atoms with Gasteiger partial charge in [-0.15, -0.1) is 0 Å². The van der Waals surface area contributed by atoms with Crippen LogP contribution in [-0.4, -0.2) is 30.2 Å². The number of fused-ring (bicyclic) bond motifs is 1. The van der Waals surface area contributed by atoms with Crippen LogP contribution in [0.5, 0.6) is 5.75 Å². The third-order valence-electron chi connectivity index (χ3n) is 3.84. The number of benzene rings is 1. The Bertz CT molecular complexity index is 698. The molecule has 21 heavy (non-hydrogen) atoms. The predicted octanol–water partition coefficient (Wildman–Crippen LogP) is 1.36. The van der Waals surface area contributed by atoms with Gasteiger partial charge in [0.25, 0.3) is 5.56 Å². The number of rotatable bonds is 4. The second-order valence-electron chi connectivity index (χ2n) is 5.03. The molecule has 0 amide bonds. The second-order valence-corrected chi connectivity index (χ2v) is 5.03. The first-order valence-corrected chi connectivity index (χ1v) is 6.94. The lowest BCUT2D eigenvalue weighted by Crippen LogP contribution is -2.22. The molecule has 1 aliphatic rings. The van der Waals surface area contributed by atoms with Gasteiger partial charge in [0.15, 0.2) is 5.82 Å². The van der Waals surface area contributed by atoms with Crippen LogP contribution in [0.1, 0.15) is 17.9 Å². The fourth-order valence-corrected chi connectivity index (χ4v) is 2.90. The van der Waals surface area contributed by atoms with Crippen molar-refractivity contribution in [3.8, 4) is 5.75 Å². The Labute approximate surface area is 122 Å². The molecule has 0 saturated carbocycles. The molecule has 0 fully saturated rings. The lowest BCUT2D eigenvalue weighted by Gasteiger charge is -2.20. The van der Waals surface area contributed by atoms with Crippen molar-refractivity contribution in [2.45, 2.75) is 12.3 Å². The number of anilines is 2. The van der Waals surface area contributed by atoms with Crippen molar-refractivity contribution in [3.05, 3.63) is 46.5 Å². The third-order valence-corrected chi connectivity index (χ3v) is 3.84. The van der Waals surface area contributed by atoms with Gasteiger partial charge in [-0.1, -0.05) is 18.2 Å². The van der Waals surface area contributed by atoms with Gasteiger partial charge in [0, 0.05) is 18.2 Å². The van der Waals surface area contributed by atoms with Crippen LogP contribution < -0.4 is 20.9 Å². The molecule has 0 aliphatic carbocycles. The van der Waals surface area contributed by atoms with Crippen molar-refractivity contribution in [2.75, 3.05) is 25.1 Å². The highest BCUT2D eigenvalue weighted by Gasteiger charge is 2.31. The highest BCUT2D eigenvalue weighted by Crippen LogP contribution is 2.42. The average Bonchev–Trinajstić information content (AvgIpc) is 2.86. The van der Waals surface area contributed by atoms with Crippen molar-refractivity contribution < 1.29 is 4.74 Å². The molecule has 0 spiro atoms. The van der Waals surface area contributed by atoms with Crippen LogP contribution >= 0.6 is 0 Å². The maximum Gasteiger partial charge on any atom is 0.295 e. The van der Waals surface area contributed by atoms with Crippen molar-refractivity contribution in [1.82, 2.24) is 9.97 Å². The zero-order chi connectivity index (χ0) is 14.8. The molecule has 6 heteroatoms. The zero-order valence-corrected chi connectivity index (χ0v) is 11.9. The zero-order valence-electron chi connectivity index (χ0n) is 11.9. The fraction of sp³-hybridized carbons (Fsp3) is 0.333. The molecule has 3 rings (SSSR count). The molecule has 1 aromatic heterocycles. The number of hydrogen-bond donors (Lipinski definition) is 2. The van der Waals surface area contributed by atoms with Gasteiger partial charge in [0.1, 0.15) is 0 Å². The quantitative estimate of drug-likeness (QED) is 0.886. The van der Waals surface area contributed by atoms with E-state index in [1.54, 1.807) is 0 Å². The summed E-state index contributed by atoms with van der Waals surface area (Å²) in [7, 11) is 1.48. The highest BCUT2D eigenvalue weighted by molar-refractivity contribution is 5.72. The molecule has 6 nitrogen and oxygen atoms in total. The molecule has 0 saturated heterocycles. The van der Waals surface area contributed by atoms with Gasteiger partial charge >= 0.3 is 0 Å². The first-order chi connectivity index (χ1) is 10.3. The van der Waals surface area contributed by atoms with E-state index < -0.39 is 0 Å². The number of aromatic nitrogens is 2. The smallest absolute Gasteiger partial charge is 0.295 e. The molecule has 0 radical (unpaired) electrons. The second kappa shape index (κ2) is 5.57. The van der Waals surface area contributed by atoms with Crippen molar-refractivity contribution in [3.63, 3.8) is 0 Å². The number of hydrogen-bond acceptors (Lipinski definition) is 5. The van der Waals surface area contributed by atoms with Crippen molar-refractivity contribution in [2.24, 2.45) is 5.73 Å². The minimum absolute atomic E-state index is 0.237. The molecule has 1 atom stereocenters. The Hall–Kier alpha value is -2.34. The maximum absolute atomic E-state index is 11.9. The Morgan fingerprint density at radius 1 is 1.48 bits per heavy atom. The standard InChI is InChI=1S/C15H18N4O2/c1-21-13-14(17-9-18-15(13)20)19-8-10(6-7-16)11-4-2-3-5-12(11)19/h2-5,9-10H,6-8,16H2,1H3,(H,17,18,20). The summed E-state index contributed by atoms with van der Waals surface area (Å²) in [5.41, 5.74) is 7.75. The summed E-state index contributed by atoms with van der Waals surface area (Å²) < 4.78 is 5.23. The number of para-hydroxylation sites is 1. The summed E-state index contributed by atoms with van der Waals surface area (Å²) in [6.07, 6.45) is 2.30. The Kier molecular flexibility index (Phi) is 3.62. The number of aromatic amines is 1. The molecule has 2 heterocycles. The summed E-state index contributed by atoms with van der Waals surface area (Å²) in [4.78, 5) is 20.7. The number of nitrogens with two attached hydrogens (primary N) is 1. The van der Waals surface area contributed by atoms with Gasteiger partial charge in [-0.2, -0.15) is 0 Å². The largest absolute Gasteiger partial charge is 0.488 e. The topological polar surface area (TPSA) is 84.2 Å². The minimum atomic E-state index is -0.276. The molecule has 3 N–H and O–H groups in total. The van der Waals surface area contributed by atoms with Gasteiger partial charge in [0.05, 0.1) is 13.4 Å². The Balaban J connectivity index is 2.09. The van der Waals surface area contributed by atoms with Gasteiger partial charge < -0.3 is 20.4 Å². The Morgan fingerprint density at radius 2 is 2.29 bits per heavy atom. The van der Waals surface area contributed by atoms with E-state index in [9.17, 15) is 4.79 Å². The monoisotopic (exact) mass is 286 g/mol. The van der Waals surface area contributed by atoms with E-state index in [4.69, 9.17) is 10.5 Å². The van der Waals surface area contributed by atoms with Crippen molar-refractivity contribution >= 4 is 11.5 Å². The fourth-order valence-electron chi connectivity index (χ4n) is 2.90. The van der Waals surface area contributed by atoms with Crippen LogP contribution in [0, 0.1) is 0 Å². The number of methoxy groups -OCH3 is 1. The molecular weight excluding hydrogens is 268 g/mol. The maximum atomic E-state index is 11.9. The van der Waals surface area contributed by atoms with Crippen LogP contribution in [-0.2, 0) is 0 Å². The number of H-pyrrole nitrogens is 1. The lowest BCUT2D eigenvalue weighted by atomic mass is 9.98. The third kappa shape index (κ3) is 2.27. The number of nitrogens with zero attached hydrogens (tertiary/aromatic N) is 2. The van der Waals surface area contributed by atoms with E-state index in [1.807, 2.05) is 23.1 Å². The summed E-state index contributed by atoms with van der Waals surface area (Å²) in [5, 5.41) is 0. The van der Waals surface area contributed by atoms with Gasteiger partial charge in [0.2, 0.25) is 5.75 Å². The summed E-state index contributed by atoms with van der Waals surface area (Å²) in [6.45, 7) is 1.39. The summed E-state index contributed by atoms with van der Waals surface area (Å²) in [5.74, 6) is 1.13.